The number of aromatic nitrogens is 3. The molecule has 3 aromatic rings. The molecule has 0 atom stereocenters. The van der Waals surface area contributed by atoms with Crippen molar-refractivity contribution < 1.29 is 9.47 Å². The second-order valence-corrected chi connectivity index (χ2v) is 5.72. The van der Waals surface area contributed by atoms with E-state index >= 15 is 0 Å². The lowest BCUT2D eigenvalue weighted by atomic mass is 10.2. The number of aryl methyl sites for hydroxylation is 2. The second kappa shape index (κ2) is 7.81. The summed E-state index contributed by atoms with van der Waals surface area (Å²) < 4.78 is 12.9. The van der Waals surface area contributed by atoms with E-state index in [4.69, 9.17) is 9.47 Å². The van der Waals surface area contributed by atoms with Crippen LogP contribution in [0.1, 0.15) is 16.8 Å². The molecule has 1 aromatic carbocycles. The van der Waals surface area contributed by atoms with Gasteiger partial charge in [-0.1, -0.05) is 24.3 Å². The SMILES string of the molecule is COc1ccc(CNCc2c(C)nn(C)c2Oc2ccccc2)cn1. The molecule has 0 unspecified atom stereocenters. The smallest absolute Gasteiger partial charge is 0.222 e. The number of nitrogens with zero attached hydrogens (tertiary/aromatic N) is 3. The van der Waals surface area contributed by atoms with Crippen molar-refractivity contribution in [2.24, 2.45) is 7.05 Å². The zero-order chi connectivity index (χ0) is 17.6. The maximum Gasteiger partial charge on any atom is 0.222 e. The van der Waals surface area contributed by atoms with E-state index in [1.165, 1.54) is 0 Å². The van der Waals surface area contributed by atoms with Crippen molar-refractivity contribution in [3.05, 3.63) is 65.5 Å². The lowest BCUT2D eigenvalue weighted by Gasteiger charge is -2.10. The third-order valence-corrected chi connectivity index (χ3v) is 3.88. The van der Waals surface area contributed by atoms with Gasteiger partial charge < -0.3 is 14.8 Å². The Hall–Kier alpha value is -2.86. The molecule has 130 valence electrons. The maximum absolute atomic E-state index is 6.03. The molecule has 1 N–H and O–H groups in total. The van der Waals surface area contributed by atoms with E-state index in [0.717, 1.165) is 28.5 Å². The van der Waals surface area contributed by atoms with Crippen molar-refractivity contribution in [3.63, 3.8) is 0 Å². The van der Waals surface area contributed by atoms with Crippen molar-refractivity contribution in [1.82, 2.24) is 20.1 Å². The molecule has 0 fully saturated rings. The Morgan fingerprint density at radius 3 is 2.56 bits per heavy atom. The van der Waals surface area contributed by atoms with Gasteiger partial charge in [-0.15, -0.1) is 0 Å². The minimum Gasteiger partial charge on any atom is -0.481 e. The lowest BCUT2D eigenvalue weighted by molar-refractivity contribution is 0.397. The summed E-state index contributed by atoms with van der Waals surface area (Å²) in [6, 6.07) is 13.6. The molecule has 25 heavy (non-hydrogen) atoms. The zero-order valence-electron chi connectivity index (χ0n) is 14.7. The van der Waals surface area contributed by atoms with Crippen molar-refractivity contribution in [3.8, 4) is 17.5 Å². The third kappa shape index (κ3) is 4.16. The summed E-state index contributed by atoms with van der Waals surface area (Å²) in [5.74, 6) is 2.17. The first-order valence-corrected chi connectivity index (χ1v) is 8.12. The van der Waals surface area contributed by atoms with Crippen molar-refractivity contribution in [2.45, 2.75) is 20.0 Å². The average molecular weight is 338 g/mol. The fraction of sp³-hybridized carbons (Fsp3) is 0.263. The fourth-order valence-electron chi connectivity index (χ4n) is 2.58. The average Bonchev–Trinajstić information content (AvgIpc) is 2.90. The Morgan fingerprint density at radius 1 is 1.08 bits per heavy atom. The van der Waals surface area contributed by atoms with Gasteiger partial charge >= 0.3 is 0 Å². The molecule has 0 amide bonds. The minimum absolute atomic E-state index is 0.616. The maximum atomic E-state index is 6.03. The van der Waals surface area contributed by atoms with Crippen LogP contribution in [0.4, 0.5) is 0 Å². The first-order chi connectivity index (χ1) is 12.2. The molecule has 0 spiro atoms. The molecule has 3 rings (SSSR count). The van der Waals surface area contributed by atoms with Gasteiger partial charge in [-0.3, -0.25) is 0 Å². The van der Waals surface area contributed by atoms with Gasteiger partial charge in [-0.25, -0.2) is 9.67 Å². The number of methoxy groups -OCH3 is 1. The van der Waals surface area contributed by atoms with Crippen molar-refractivity contribution >= 4 is 0 Å². The van der Waals surface area contributed by atoms with Gasteiger partial charge in [0.2, 0.25) is 11.8 Å². The highest BCUT2D eigenvalue weighted by Gasteiger charge is 2.15. The van der Waals surface area contributed by atoms with E-state index in [1.807, 2.05) is 62.6 Å². The Labute approximate surface area is 147 Å². The van der Waals surface area contributed by atoms with Crippen LogP contribution >= 0.6 is 0 Å². The molecule has 0 aliphatic heterocycles. The monoisotopic (exact) mass is 338 g/mol. The molecule has 0 bridgehead atoms. The van der Waals surface area contributed by atoms with E-state index in [-0.39, 0.29) is 0 Å². The molecule has 6 heteroatoms. The summed E-state index contributed by atoms with van der Waals surface area (Å²) in [5, 5.41) is 7.90. The molecule has 6 nitrogen and oxygen atoms in total. The first kappa shape index (κ1) is 17.0. The fourth-order valence-corrected chi connectivity index (χ4v) is 2.58. The Kier molecular flexibility index (Phi) is 5.30. The third-order valence-electron chi connectivity index (χ3n) is 3.88. The van der Waals surface area contributed by atoms with Gasteiger partial charge in [-0.2, -0.15) is 5.10 Å². The van der Waals surface area contributed by atoms with E-state index in [1.54, 1.807) is 11.8 Å². The summed E-state index contributed by atoms with van der Waals surface area (Å²) in [5.41, 5.74) is 3.09. The number of para-hydroxylation sites is 1. The summed E-state index contributed by atoms with van der Waals surface area (Å²) in [6.45, 7) is 3.35. The largest absolute Gasteiger partial charge is 0.481 e. The van der Waals surface area contributed by atoms with Gasteiger partial charge in [0.05, 0.1) is 18.4 Å². The van der Waals surface area contributed by atoms with Crippen LogP contribution in [-0.2, 0) is 20.1 Å². The Balaban J connectivity index is 1.67. The molecular weight excluding hydrogens is 316 g/mol. The first-order valence-electron chi connectivity index (χ1n) is 8.12. The summed E-state index contributed by atoms with van der Waals surface area (Å²) in [4.78, 5) is 4.21. The van der Waals surface area contributed by atoms with E-state index in [0.29, 0.717) is 19.0 Å². The van der Waals surface area contributed by atoms with Crippen LogP contribution in [-0.4, -0.2) is 21.9 Å². The van der Waals surface area contributed by atoms with Crippen LogP contribution in [0.2, 0.25) is 0 Å². The summed E-state index contributed by atoms with van der Waals surface area (Å²) in [6.07, 6.45) is 1.81. The highest BCUT2D eigenvalue weighted by Crippen LogP contribution is 2.27. The molecular formula is C19H22N4O2. The normalized spacial score (nSPS) is 10.7. The quantitative estimate of drug-likeness (QED) is 0.717. The predicted octanol–water partition coefficient (Wildman–Crippen LogP) is 3.21. The van der Waals surface area contributed by atoms with Crippen molar-refractivity contribution in [2.75, 3.05) is 7.11 Å². The van der Waals surface area contributed by atoms with Gasteiger partial charge in [0, 0.05) is 32.4 Å². The topological polar surface area (TPSA) is 61.2 Å². The highest BCUT2D eigenvalue weighted by atomic mass is 16.5. The van der Waals surface area contributed by atoms with E-state index in [2.05, 4.69) is 15.4 Å². The Morgan fingerprint density at radius 2 is 1.88 bits per heavy atom. The number of ether oxygens (including phenoxy) is 2. The molecule has 0 saturated carbocycles. The molecule has 2 aromatic heterocycles. The summed E-state index contributed by atoms with van der Waals surface area (Å²) in [7, 11) is 3.50. The van der Waals surface area contributed by atoms with E-state index in [9.17, 15) is 0 Å². The van der Waals surface area contributed by atoms with Crippen LogP contribution in [0.5, 0.6) is 17.5 Å². The zero-order valence-corrected chi connectivity index (χ0v) is 14.7. The standard InChI is InChI=1S/C19H22N4O2/c1-14-17(13-20-11-15-9-10-18(24-3)21-12-15)19(23(2)22-14)25-16-7-5-4-6-8-16/h4-10,12,20H,11,13H2,1-3H3. The predicted molar refractivity (Wildman–Crippen MR) is 95.8 cm³/mol. The van der Waals surface area contributed by atoms with E-state index < -0.39 is 0 Å². The van der Waals surface area contributed by atoms with Crippen LogP contribution < -0.4 is 14.8 Å². The molecule has 0 saturated heterocycles. The van der Waals surface area contributed by atoms with Crippen LogP contribution in [0.15, 0.2) is 48.7 Å². The number of rotatable bonds is 7. The number of hydrogen-bond acceptors (Lipinski definition) is 5. The van der Waals surface area contributed by atoms with Crippen molar-refractivity contribution in [1.29, 1.82) is 0 Å². The second-order valence-electron chi connectivity index (χ2n) is 5.72. The van der Waals surface area contributed by atoms with Crippen LogP contribution in [0, 0.1) is 6.92 Å². The number of pyridine rings is 1. The van der Waals surface area contributed by atoms with Crippen LogP contribution in [0.25, 0.3) is 0 Å². The van der Waals surface area contributed by atoms with Gasteiger partial charge in [-0.05, 0) is 24.6 Å². The molecule has 0 aliphatic rings. The highest BCUT2D eigenvalue weighted by molar-refractivity contribution is 5.35. The lowest BCUT2D eigenvalue weighted by Crippen LogP contribution is -2.14. The van der Waals surface area contributed by atoms with Gasteiger partial charge in [0.25, 0.3) is 0 Å². The molecule has 0 aliphatic carbocycles. The van der Waals surface area contributed by atoms with Gasteiger partial charge in [0.15, 0.2) is 0 Å². The minimum atomic E-state index is 0.616. The van der Waals surface area contributed by atoms with Gasteiger partial charge in [0.1, 0.15) is 5.75 Å². The number of hydrogen-bond donors (Lipinski definition) is 1. The molecule has 0 radical (unpaired) electrons. The Bertz CT molecular complexity index is 813. The number of benzene rings is 1. The summed E-state index contributed by atoms with van der Waals surface area (Å²) >= 11 is 0. The van der Waals surface area contributed by atoms with Crippen LogP contribution in [0.3, 0.4) is 0 Å². The molecule has 2 heterocycles. The number of nitrogens with one attached hydrogen (secondary N) is 1.